The van der Waals surface area contributed by atoms with Gasteiger partial charge in [0.05, 0.1) is 12.4 Å². The Kier molecular flexibility index (Phi) is 6.56. The van der Waals surface area contributed by atoms with Gasteiger partial charge in [-0.15, -0.1) is 0 Å². The molecule has 0 aliphatic carbocycles. The summed E-state index contributed by atoms with van der Waals surface area (Å²) in [6.45, 7) is 0. The summed E-state index contributed by atoms with van der Waals surface area (Å²) in [6.07, 6.45) is 15.9. The van der Waals surface area contributed by atoms with Crippen molar-refractivity contribution in [3.8, 4) is 0 Å². The molecular weight excluding hydrogens is 210 g/mol. The molecule has 1 aliphatic heterocycles. The minimum atomic E-state index is 1.38. The third-order valence-electron chi connectivity index (χ3n) is 1.18. The van der Waals surface area contributed by atoms with Crippen LogP contribution in [0.5, 0.6) is 0 Å². The zero-order chi connectivity index (χ0) is 11.3. The third kappa shape index (κ3) is 6.96. The fraction of sp³-hybridized carbons (Fsp3) is 0. The van der Waals surface area contributed by atoms with Crippen molar-refractivity contribution in [1.29, 1.82) is 0 Å². The van der Waals surface area contributed by atoms with Crippen LogP contribution >= 0.6 is 0 Å². The molecule has 0 saturated heterocycles. The molecule has 16 heavy (non-hydrogen) atoms. The van der Waals surface area contributed by atoms with E-state index in [4.69, 9.17) is 0 Å². The van der Waals surface area contributed by atoms with E-state index in [-0.39, 0.29) is 0 Å². The molecule has 3 heterocycles. The molecular formula is C10H11N3O3. The number of hydrogen-bond donors (Lipinski definition) is 1. The van der Waals surface area contributed by atoms with Crippen LogP contribution < -0.4 is 5.48 Å². The Morgan fingerprint density at radius 3 is 1.69 bits per heavy atom. The zero-order valence-electron chi connectivity index (χ0n) is 8.39. The summed E-state index contributed by atoms with van der Waals surface area (Å²) in [5, 5.41) is 0. The molecule has 0 spiro atoms. The average Bonchev–Trinajstić information content (AvgIpc) is 3.10. The van der Waals surface area contributed by atoms with E-state index in [1.807, 2.05) is 6.08 Å². The Bertz CT molecular complexity index is 295. The maximum atomic E-state index is 4.55. The smallest absolute Gasteiger partial charge is 0.180 e. The van der Waals surface area contributed by atoms with E-state index in [9.17, 15) is 0 Å². The first-order valence-electron chi connectivity index (χ1n) is 4.37. The average molecular weight is 221 g/mol. The van der Waals surface area contributed by atoms with E-state index in [1.54, 1.807) is 30.9 Å². The van der Waals surface area contributed by atoms with Gasteiger partial charge < -0.3 is 13.7 Å². The summed E-state index contributed by atoms with van der Waals surface area (Å²) < 4.78 is 8.94. The number of allylic oxidation sites excluding steroid dienone is 2. The van der Waals surface area contributed by atoms with Crippen LogP contribution in [-0.2, 0) is 4.84 Å². The largest absolute Gasteiger partial charge is 0.452 e. The number of rotatable bonds is 0. The second-order valence-electron chi connectivity index (χ2n) is 2.27. The molecule has 6 nitrogen and oxygen atoms in total. The van der Waals surface area contributed by atoms with Gasteiger partial charge in [-0.05, 0) is 12.2 Å². The van der Waals surface area contributed by atoms with E-state index in [1.165, 1.54) is 25.3 Å². The number of nitrogens with zero attached hydrogens (tertiary/aromatic N) is 2. The lowest BCUT2D eigenvalue weighted by Gasteiger charge is -1.97. The fourth-order valence-corrected chi connectivity index (χ4v) is 0.609. The zero-order valence-corrected chi connectivity index (χ0v) is 8.39. The lowest BCUT2D eigenvalue weighted by atomic mass is 10.6. The Labute approximate surface area is 92.2 Å². The summed E-state index contributed by atoms with van der Waals surface area (Å²) in [4.78, 5) is 11.7. The van der Waals surface area contributed by atoms with Crippen molar-refractivity contribution in [3.63, 3.8) is 0 Å². The van der Waals surface area contributed by atoms with Gasteiger partial charge in [-0.25, -0.2) is 15.4 Å². The van der Waals surface area contributed by atoms with Crippen molar-refractivity contribution < 1.29 is 13.7 Å². The van der Waals surface area contributed by atoms with Crippen molar-refractivity contribution in [1.82, 2.24) is 15.4 Å². The van der Waals surface area contributed by atoms with Crippen LogP contribution in [0.4, 0.5) is 0 Å². The van der Waals surface area contributed by atoms with Gasteiger partial charge in [0.25, 0.3) is 0 Å². The molecule has 0 aromatic carbocycles. The van der Waals surface area contributed by atoms with Crippen LogP contribution in [0.1, 0.15) is 0 Å². The fourth-order valence-electron chi connectivity index (χ4n) is 0.609. The van der Waals surface area contributed by atoms with Crippen molar-refractivity contribution in [2.45, 2.75) is 0 Å². The predicted octanol–water partition coefficient (Wildman–Crippen LogP) is 1.90. The van der Waals surface area contributed by atoms with E-state index >= 15 is 0 Å². The summed E-state index contributed by atoms with van der Waals surface area (Å²) in [7, 11) is 0. The monoisotopic (exact) mass is 221 g/mol. The Balaban J connectivity index is 0.000000121. The van der Waals surface area contributed by atoms with Crippen LogP contribution in [0.3, 0.4) is 0 Å². The van der Waals surface area contributed by atoms with Gasteiger partial charge >= 0.3 is 0 Å². The summed E-state index contributed by atoms with van der Waals surface area (Å²) in [6, 6.07) is 0. The first-order valence-corrected chi connectivity index (χ1v) is 4.37. The highest BCUT2D eigenvalue weighted by Gasteiger charge is 1.72. The van der Waals surface area contributed by atoms with E-state index in [0.717, 1.165) is 0 Å². The molecule has 0 unspecified atom stereocenters. The lowest BCUT2D eigenvalue weighted by molar-refractivity contribution is 0.172. The second-order valence-corrected chi connectivity index (χ2v) is 2.27. The number of nitrogens with one attached hydrogen (secondary N) is 1. The first-order chi connectivity index (χ1) is 8.00. The molecule has 1 aliphatic rings. The van der Waals surface area contributed by atoms with Crippen LogP contribution in [-0.4, -0.2) is 9.97 Å². The van der Waals surface area contributed by atoms with Crippen molar-refractivity contribution >= 4 is 0 Å². The first kappa shape index (κ1) is 11.6. The second kappa shape index (κ2) is 9.07. The molecule has 0 bridgehead atoms. The number of aromatic nitrogens is 2. The van der Waals surface area contributed by atoms with Crippen LogP contribution in [0.2, 0.25) is 0 Å². The van der Waals surface area contributed by atoms with Crippen molar-refractivity contribution in [2.24, 2.45) is 0 Å². The topological polar surface area (TPSA) is 73.3 Å². The van der Waals surface area contributed by atoms with E-state index in [2.05, 4.69) is 29.1 Å². The third-order valence-corrected chi connectivity index (χ3v) is 1.18. The molecule has 1 N–H and O–H groups in total. The number of hydrogen-bond acceptors (Lipinski definition) is 6. The normalized spacial score (nSPS) is 11.0. The van der Waals surface area contributed by atoms with Crippen LogP contribution in [0, 0.1) is 0 Å². The van der Waals surface area contributed by atoms with Gasteiger partial charge in [0, 0.05) is 6.20 Å². The minimum absolute atomic E-state index is 1.38. The van der Waals surface area contributed by atoms with Gasteiger partial charge in [0.2, 0.25) is 0 Å². The van der Waals surface area contributed by atoms with Crippen molar-refractivity contribution in [3.05, 3.63) is 62.3 Å². The summed E-state index contributed by atoms with van der Waals surface area (Å²) >= 11 is 0. The highest BCUT2D eigenvalue weighted by molar-refractivity contribution is 5.00. The summed E-state index contributed by atoms with van der Waals surface area (Å²) in [5.74, 6) is 0. The lowest BCUT2D eigenvalue weighted by Crippen LogP contribution is -2.01. The Morgan fingerprint density at radius 1 is 0.875 bits per heavy atom. The minimum Gasteiger partial charge on any atom is -0.452 e. The molecule has 0 fully saturated rings. The predicted molar refractivity (Wildman–Crippen MR) is 55.5 cm³/mol. The maximum Gasteiger partial charge on any atom is 0.180 e. The number of oxazole rings is 2. The molecule has 6 heteroatoms. The van der Waals surface area contributed by atoms with Crippen LogP contribution in [0.15, 0.2) is 71.2 Å². The Morgan fingerprint density at radius 2 is 1.56 bits per heavy atom. The quantitative estimate of drug-likeness (QED) is 0.732. The highest BCUT2D eigenvalue weighted by atomic mass is 16.6. The molecule has 2 aromatic rings. The van der Waals surface area contributed by atoms with Crippen molar-refractivity contribution in [2.75, 3.05) is 0 Å². The van der Waals surface area contributed by atoms with Gasteiger partial charge in [-0.3, -0.25) is 0 Å². The van der Waals surface area contributed by atoms with E-state index < -0.39 is 0 Å². The molecule has 0 radical (unpaired) electrons. The summed E-state index contributed by atoms with van der Waals surface area (Å²) in [5.41, 5.74) is 2.52. The van der Waals surface area contributed by atoms with Gasteiger partial charge in [0.15, 0.2) is 12.8 Å². The SMILES string of the molecule is C1=CNOC=C1.c1cocn1.c1cocn1. The highest BCUT2D eigenvalue weighted by Crippen LogP contribution is 1.80. The van der Waals surface area contributed by atoms with E-state index in [0.29, 0.717) is 0 Å². The molecule has 0 amide bonds. The molecule has 2 aromatic heterocycles. The van der Waals surface area contributed by atoms with Gasteiger partial charge in [-0.2, -0.15) is 0 Å². The Hall–Kier alpha value is -2.50. The molecule has 84 valence electrons. The molecule has 0 saturated carbocycles. The maximum absolute atomic E-state index is 4.55. The standard InChI is InChI=1S/C4H5NO.2C3H3NO/c1-2-4-6-5-3-1;2*1-2-5-3-4-1/h1-5H;2*1-3H. The van der Waals surface area contributed by atoms with Gasteiger partial charge in [-0.1, -0.05) is 0 Å². The van der Waals surface area contributed by atoms with Crippen LogP contribution in [0.25, 0.3) is 0 Å². The van der Waals surface area contributed by atoms with Gasteiger partial charge in [0.1, 0.15) is 18.8 Å². The molecule has 0 atom stereocenters. The molecule has 3 rings (SSSR count). The number of hydroxylamine groups is 1.